The van der Waals surface area contributed by atoms with Crippen molar-refractivity contribution in [3.05, 3.63) is 29.8 Å². The van der Waals surface area contributed by atoms with Crippen LogP contribution in [-0.2, 0) is 4.79 Å². The van der Waals surface area contributed by atoms with Gasteiger partial charge in [0.1, 0.15) is 0 Å². The number of benzene rings is 1. The summed E-state index contributed by atoms with van der Waals surface area (Å²) in [6.45, 7) is 1.53. The Labute approximate surface area is 141 Å². The van der Waals surface area contributed by atoms with Gasteiger partial charge in [0.05, 0.1) is 11.1 Å². The maximum atomic E-state index is 13.1. The molecule has 0 aromatic heterocycles. The molecule has 3 nitrogen and oxygen atoms in total. The minimum Gasteiger partial charge on any atom is -0.325 e. The van der Waals surface area contributed by atoms with Gasteiger partial charge in [-0.05, 0) is 69.4 Å². The number of anilines is 1. The maximum Gasteiger partial charge on any atom is 0.230 e. The summed E-state index contributed by atoms with van der Waals surface area (Å²) in [6.07, 6.45) is 6.03. The molecule has 0 heterocycles. The zero-order valence-electron chi connectivity index (χ0n) is 13.4. The normalized spacial score (nSPS) is 37.7. The second-order valence-electron chi connectivity index (χ2n) is 7.95. The van der Waals surface area contributed by atoms with Crippen molar-refractivity contribution in [3.63, 3.8) is 0 Å². The highest BCUT2D eigenvalue weighted by molar-refractivity contribution is 6.24. The second-order valence-corrected chi connectivity index (χ2v) is 8.75. The first kappa shape index (κ1) is 15.2. The average Bonchev–Trinajstić information content (AvgIpc) is 2.45. The number of para-hydroxylation sites is 1. The van der Waals surface area contributed by atoms with E-state index >= 15 is 0 Å². The minimum atomic E-state index is -0.338. The molecule has 0 aliphatic heterocycles. The molecule has 5 rings (SSSR count). The van der Waals surface area contributed by atoms with E-state index in [1.165, 1.54) is 13.3 Å². The third-order valence-electron chi connectivity index (χ3n) is 6.03. The Morgan fingerprint density at radius 1 is 1.13 bits per heavy atom. The summed E-state index contributed by atoms with van der Waals surface area (Å²) in [6, 6.07) is 7.25. The van der Waals surface area contributed by atoms with Crippen molar-refractivity contribution in [1.29, 1.82) is 0 Å². The molecule has 4 bridgehead atoms. The van der Waals surface area contributed by atoms with Crippen LogP contribution in [0.25, 0.3) is 0 Å². The van der Waals surface area contributed by atoms with Crippen LogP contribution in [0.1, 0.15) is 55.8 Å². The van der Waals surface area contributed by atoms with E-state index in [1.807, 2.05) is 18.2 Å². The van der Waals surface area contributed by atoms with Crippen LogP contribution in [0.5, 0.6) is 0 Å². The van der Waals surface area contributed by atoms with E-state index in [0.717, 1.165) is 32.1 Å². The molecule has 0 unspecified atom stereocenters. The molecule has 1 amide bonds. The second kappa shape index (κ2) is 5.07. The molecule has 4 aliphatic carbocycles. The lowest BCUT2D eigenvalue weighted by molar-refractivity contribution is -0.138. The Morgan fingerprint density at radius 2 is 1.78 bits per heavy atom. The van der Waals surface area contributed by atoms with Gasteiger partial charge in [-0.2, -0.15) is 0 Å². The van der Waals surface area contributed by atoms with Gasteiger partial charge in [-0.15, -0.1) is 11.6 Å². The third-order valence-corrected chi connectivity index (χ3v) is 6.47. The number of ketones is 1. The van der Waals surface area contributed by atoms with Gasteiger partial charge >= 0.3 is 0 Å². The van der Waals surface area contributed by atoms with Gasteiger partial charge in [-0.1, -0.05) is 12.1 Å². The fraction of sp³-hybridized carbons (Fsp3) is 0.579. The highest BCUT2D eigenvalue weighted by atomic mass is 35.5. The standard InChI is InChI=1S/C19H22ClNO2/c1-12(22)15-4-2-3-5-16(15)21-17(23)18-7-13-6-14(8-18)10-19(20,9-13)11-18/h2-5,13-14H,6-11H2,1H3,(H,21,23)/t13-,14-,18?,19?/m1/s1. The average molecular weight is 332 g/mol. The van der Waals surface area contributed by atoms with E-state index in [2.05, 4.69) is 5.32 Å². The molecule has 0 spiro atoms. The highest BCUT2D eigenvalue weighted by Gasteiger charge is 2.60. The van der Waals surface area contributed by atoms with Gasteiger partial charge in [-0.25, -0.2) is 0 Å². The summed E-state index contributed by atoms with van der Waals surface area (Å²) in [5.74, 6) is 1.20. The zero-order chi connectivity index (χ0) is 16.2. The van der Waals surface area contributed by atoms with Crippen molar-refractivity contribution >= 4 is 29.0 Å². The van der Waals surface area contributed by atoms with Gasteiger partial charge in [0.25, 0.3) is 0 Å². The first-order valence-electron chi connectivity index (χ1n) is 8.50. The number of hydrogen-bond donors (Lipinski definition) is 1. The summed E-state index contributed by atoms with van der Waals surface area (Å²) in [5, 5.41) is 3.05. The summed E-state index contributed by atoms with van der Waals surface area (Å²) < 4.78 is 0. The molecule has 1 N–H and O–H groups in total. The molecular formula is C19H22ClNO2. The zero-order valence-corrected chi connectivity index (χ0v) is 14.2. The van der Waals surface area contributed by atoms with Crippen molar-refractivity contribution in [1.82, 2.24) is 0 Å². The molecule has 2 atom stereocenters. The lowest BCUT2D eigenvalue weighted by Gasteiger charge is -2.59. The first-order chi connectivity index (χ1) is 10.9. The quantitative estimate of drug-likeness (QED) is 0.659. The fourth-order valence-electron chi connectivity index (χ4n) is 5.57. The Bertz CT molecular complexity index is 670. The van der Waals surface area contributed by atoms with Crippen molar-refractivity contribution in [2.45, 2.75) is 50.3 Å². The molecule has 0 saturated heterocycles. The number of halogens is 1. The lowest BCUT2D eigenvalue weighted by atomic mass is 9.49. The molecule has 122 valence electrons. The fourth-order valence-corrected chi connectivity index (χ4v) is 6.26. The van der Waals surface area contributed by atoms with Crippen LogP contribution in [0, 0.1) is 17.3 Å². The van der Waals surface area contributed by atoms with Crippen LogP contribution in [-0.4, -0.2) is 16.6 Å². The number of nitrogens with one attached hydrogen (secondary N) is 1. The molecule has 4 aliphatic rings. The van der Waals surface area contributed by atoms with Crippen molar-refractivity contribution < 1.29 is 9.59 Å². The maximum absolute atomic E-state index is 13.1. The topological polar surface area (TPSA) is 46.2 Å². The lowest BCUT2D eigenvalue weighted by Crippen LogP contribution is -2.57. The molecular weight excluding hydrogens is 310 g/mol. The third kappa shape index (κ3) is 2.50. The number of Topliss-reactive ketones (excluding diaryl/α,β-unsaturated/α-hetero) is 1. The first-order valence-corrected chi connectivity index (χ1v) is 8.87. The van der Waals surface area contributed by atoms with E-state index in [-0.39, 0.29) is 22.0 Å². The van der Waals surface area contributed by atoms with E-state index in [0.29, 0.717) is 23.1 Å². The van der Waals surface area contributed by atoms with Gasteiger partial charge < -0.3 is 5.32 Å². The van der Waals surface area contributed by atoms with Crippen LogP contribution in [0.3, 0.4) is 0 Å². The van der Waals surface area contributed by atoms with E-state index in [1.54, 1.807) is 6.07 Å². The smallest absolute Gasteiger partial charge is 0.230 e. The summed E-state index contributed by atoms with van der Waals surface area (Å²) in [4.78, 5) is 24.7. The monoisotopic (exact) mass is 331 g/mol. The van der Waals surface area contributed by atoms with Crippen molar-refractivity contribution in [2.75, 3.05) is 5.32 Å². The highest BCUT2D eigenvalue weighted by Crippen LogP contribution is 2.64. The molecule has 23 heavy (non-hydrogen) atoms. The predicted molar refractivity (Wildman–Crippen MR) is 90.8 cm³/mol. The molecule has 1 aromatic carbocycles. The Balaban J connectivity index is 1.62. The Hall–Kier alpha value is -1.35. The minimum absolute atomic E-state index is 0.0276. The van der Waals surface area contributed by atoms with Crippen LogP contribution >= 0.6 is 11.6 Å². The Kier molecular flexibility index (Phi) is 3.35. The molecule has 0 radical (unpaired) electrons. The van der Waals surface area contributed by atoms with Crippen LogP contribution in [0.15, 0.2) is 24.3 Å². The molecule has 4 heteroatoms. The van der Waals surface area contributed by atoms with E-state index in [9.17, 15) is 9.59 Å². The van der Waals surface area contributed by atoms with Crippen LogP contribution in [0.2, 0.25) is 0 Å². The number of rotatable bonds is 3. The number of alkyl halides is 1. The summed E-state index contributed by atoms with van der Waals surface area (Å²) in [7, 11) is 0. The van der Waals surface area contributed by atoms with Gasteiger partial charge in [-0.3, -0.25) is 9.59 Å². The van der Waals surface area contributed by atoms with Crippen LogP contribution in [0.4, 0.5) is 5.69 Å². The van der Waals surface area contributed by atoms with Crippen LogP contribution < -0.4 is 5.32 Å². The molecule has 1 aromatic rings. The Morgan fingerprint density at radius 3 is 2.39 bits per heavy atom. The van der Waals surface area contributed by atoms with Gasteiger partial charge in [0, 0.05) is 10.4 Å². The number of carbonyl (C=O) groups is 2. The summed E-state index contributed by atoms with van der Waals surface area (Å²) >= 11 is 6.82. The number of amides is 1. The largest absolute Gasteiger partial charge is 0.325 e. The SMILES string of the molecule is CC(=O)c1ccccc1NC(=O)C12C[C@H]3C[C@@H](CC(Cl)(C3)C1)C2. The number of carbonyl (C=O) groups excluding carboxylic acids is 2. The predicted octanol–water partition coefficient (Wildman–Crippen LogP) is 4.41. The van der Waals surface area contributed by atoms with E-state index < -0.39 is 0 Å². The number of hydrogen-bond acceptors (Lipinski definition) is 2. The molecule has 4 fully saturated rings. The summed E-state index contributed by atoms with van der Waals surface area (Å²) in [5.41, 5.74) is 0.867. The van der Waals surface area contributed by atoms with E-state index in [4.69, 9.17) is 11.6 Å². The van der Waals surface area contributed by atoms with Crippen molar-refractivity contribution in [2.24, 2.45) is 17.3 Å². The van der Waals surface area contributed by atoms with Gasteiger partial charge in [0.15, 0.2) is 5.78 Å². The molecule has 4 saturated carbocycles. The van der Waals surface area contributed by atoms with Crippen molar-refractivity contribution in [3.8, 4) is 0 Å². The van der Waals surface area contributed by atoms with Gasteiger partial charge in [0.2, 0.25) is 5.91 Å².